The van der Waals surface area contributed by atoms with Gasteiger partial charge >= 0.3 is 0 Å². The van der Waals surface area contributed by atoms with Crippen LogP contribution in [0.4, 0.5) is 4.39 Å². The van der Waals surface area contributed by atoms with Gasteiger partial charge in [-0.2, -0.15) is 0 Å². The summed E-state index contributed by atoms with van der Waals surface area (Å²) >= 11 is 12.6. The van der Waals surface area contributed by atoms with Gasteiger partial charge in [0.05, 0.1) is 11.1 Å². The molecule has 0 fully saturated rings. The zero-order valence-corrected chi connectivity index (χ0v) is 14.7. The van der Waals surface area contributed by atoms with Gasteiger partial charge in [0.25, 0.3) is 0 Å². The molecule has 0 amide bonds. The van der Waals surface area contributed by atoms with E-state index >= 15 is 0 Å². The topological polar surface area (TPSA) is 12.0 Å². The maximum Gasteiger partial charge on any atom is 0.148 e. The minimum atomic E-state index is -0.394. The van der Waals surface area contributed by atoms with E-state index in [9.17, 15) is 4.39 Å². The van der Waals surface area contributed by atoms with Gasteiger partial charge in [-0.15, -0.1) is 0 Å². The third-order valence-corrected chi connectivity index (χ3v) is 4.77. The molecular formula is C15H13Br2ClFN. The first-order valence-corrected chi connectivity index (χ1v) is 8.13. The van der Waals surface area contributed by atoms with Crippen LogP contribution >= 0.6 is 43.5 Å². The van der Waals surface area contributed by atoms with Gasteiger partial charge in [-0.05, 0) is 46.2 Å². The average molecular weight is 422 g/mol. The first-order chi connectivity index (χ1) is 9.54. The van der Waals surface area contributed by atoms with Crippen LogP contribution in [-0.4, -0.2) is 6.54 Å². The molecule has 0 aliphatic heterocycles. The molecule has 0 aliphatic carbocycles. The van der Waals surface area contributed by atoms with E-state index < -0.39 is 5.82 Å². The Morgan fingerprint density at radius 2 is 1.80 bits per heavy atom. The highest BCUT2D eigenvalue weighted by atomic mass is 79.9. The van der Waals surface area contributed by atoms with Crippen LogP contribution in [0.2, 0.25) is 5.02 Å². The van der Waals surface area contributed by atoms with Crippen molar-refractivity contribution in [2.45, 2.75) is 13.0 Å². The van der Waals surface area contributed by atoms with Crippen molar-refractivity contribution in [2.75, 3.05) is 6.54 Å². The summed E-state index contributed by atoms with van der Waals surface area (Å²) in [5.74, 6) is -0.394. The number of benzene rings is 2. The first-order valence-electron chi connectivity index (χ1n) is 6.16. The lowest BCUT2D eigenvalue weighted by Gasteiger charge is -2.20. The molecule has 2 aromatic carbocycles. The normalized spacial score (nSPS) is 12.4. The number of hydrogen-bond donors (Lipinski definition) is 1. The molecule has 2 aromatic rings. The molecule has 1 nitrogen and oxygen atoms in total. The minimum Gasteiger partial charge on any atom is -0.306 e. The van der Waals surface area contributed by atoms with Crippen molar-refractivity contribution >= 4 is 43.5 Å². The number of rotatable bonds is 4. The third kappa shape index (κ3) is 3.42. The van der Waals surface area contributed by atoms with Gasteiger partial charge in [-0.1, -0.05) is 52.7 Å². The summed E-state index contributed by atoms with van der Waals surface area (Å²) in [4.78, 5) is 0. The van der Waals surface area contributed by atoms with Crippen molar-refractivity contribution in [1.29, 1.82) is 0 Å². The van der Waals surface area contributed by atoms with Gasteiger partial charge in [-0.25, -0.2) is 4.39 Å². The number of nitrogens with one attached hydrogen (secondary N) is 1. The van der Waals surface area contributed by atoms with Crippen molar-refractivity contribution in [3.63, 3.8) is 0 Å². The quantitative estimate of drug-likeness (QED) is 0.624. The Bertz CT molecular complexity index is 602. The molecule has 0 bridgehead atoms. The van der Waals surface area contributed by atoms with Crippen molar-refractivity contribution in [3.8, 4) is 0 Å². The van der Waals surface area contributed by atoms with Crippen molar-refractivity contribution < 1.29 is 4.39 Å². The van der Waals surface area contributed by atoms with Gasteiger partial charge in [0, 0.05) is 14.5 Å². The smallest absolute Gasteiger partial charge is 0.148 e. The van der Waals surface area contributed by atoms with E-state index in [2.05, 4.69) is 37.2 Å². The molecule has 20 heavy (non-hydrogen) atoms. The number of hydrogen-bond acceptors (Lipinski definition) is 1. The standard InChI is InChI=1S/C15H13Br2ClFN/c1-2-20-15(9-3-5-10(16)6-4-9)11-7-8-12(17)13(18)14(11)19/h3-8,15,20H,2H2,1H3. The summed E-state index contributed by atoms with van der Waals surface area (Å²) in [5, 5.41) is 3.41. The summed E-state index contributed by atoms with van der Waals surface area (Å²) in [7, 11) is 0. The predicted octanol–water partition coefficient (Wildman–Crippen LogP) is 5.70. The van der Waals surface area contributed by atoms with Crippen LogP contribution in [0.3, 0.4) is 0 Å². The number of halogens is 4. The molecule has 0 saturated heterocycles. The molecule has 106 valence electrons. The summed E-state index contributed by atoms with van der Waals surface area (Å²) in [6.45, 7) is 2.72. The van der Waals surface area contributed by atoms with Gasteiger partial charge in [-0.3, -0.25) is 0 Å². The molecule has 1 atom stereocenters. The Labute approximate surface area is 139 Å². The molecule has 0 aliphatic rings. The Morgan fingerprint density at radius 3 is 2.40 bits per heavy atom. The second-order valence-electron chi connectivity index (χ2n) is 4.31. The monoisotopic (exact) mass is 419 g/mol. The van der Waals surface area contributed by atoms with Crippen LogP contribution in [-0.2, 0) is 0 Å². The maximum absolute atomic E-state index is 14.4. The van der Waals surface area contributed by atoms with E-state index in [0.29, 0.717) is 10.0 Å². The van der Waals surface area contributed by atoms with Gasteiger partial charge in [0.15, 0.2) is 0 Å². The minimum absolute atomic E-state index is 0.113. The molecule has 0 spiro atoms. The van der Waals surface area contributed by atoms with Crippen molar-refractivity contribution in [1.82, 2.24) is 5.32 Å². The molecule has 1 unspecified atom stereocenters. The fraction of sp³-hybridized carbons (Fsp3) is 0.200. The van der Waals surface area contributed by atoms with Crippen LogP contribution in [0.1, 0.15) is 24.1 Å². The third-order valence-electron chi connectivity index (χ3n) is 2.99. The Morgan fingerprint density at radius 1 is 1.15 bits per heavy atom. The van der Waals surface area contributed by atoms with E-state index in [1.54, 1.807) is 12.1 Å². The van der Waals surface area contributed by atoms with Crippen LogP contribution in [0.15, 0.2) is 45.3 Å². The Balaban J connectivity index is 2.48. The molecule has 0 radical (unpaired) electrons. The second-order valence-corrected chi connectivity index (χ2v) is 6.45. The summed E-state index contributed by atoms with van der Waals surface area (Å²) in [5.41, 5.74) is 1.54. The van der Waals surface area contributed by atoms with Crippen LogP contribution < -0.4 is 5.32 Å². The van der Waals surface area contributed by atoms with Crippen LogP contribution in [0.5, 0.6) is 0 Å². The Hall–Kier alpha value is -0.420. The van der Waals surface area contributed by atoms with Crippen molar-refractivity contribution in [3.05, 3.63) is 67.3 Å². The van der Waals surface area contributed by atoms with E-state index in [1.165, 1.54) is 0 Å². The SMILES string of the molecule is CCNC(c1ccc(Br)cc1)c1ccc(Br)c(Cl)c1F. The lowest BCUT2D eigenvalue weighted by molar-refractivity contribution is 0.559. The van der Waals surface area contributed by atoms with Gasteiger partial charge < -0.3 is 5.32 Å². The fourth-order valence-corrected chi connectivity index (χ4v) is 2.77. The van der Waals surface area contributed by atoms with E-state index in [0.717, 1.165) is 16.6 Å². The predicted molar refractivity (Wildman–Crippen MR) is 88.8 cm³/mol. The van der Waals surface area contributed by atoms with Crippen LogP contribution in [0.25, 0.3) is 0 Å². The van der Waals surface area contributed by atoms with Crippen LogP contribution in [0, 0.1) is 5.82 Å². The lowest BCUT2D eigenvalue weighted by atomic mass is 9.98. The molecule has 0 aromatic heterocycles. The molecule has 1 N–H and O–H groups in total. The van der Waals surface area contributed by atoms with E-state index in [4.69, 9.17) is 11.6 Å². The van der Waals surface area contributed by atoms with Gasteiger partial charge in [0.2, 0.25) is 0 Å². The Kier molecular flexibility index (Phi) is 5.61. The molecular weight excluding hydrogens is 408 g/mol. The maximum atomic E-state index is 14.4. The average Bonchev–Trinajstić information content (AvgIpc) is 2.44. The zero-order chi connectivity index (χ0) is 14.7. The molecule has 2 rings (SSSR count). The molecule has 0 saturated carbocycles. The highest BCUT2D eigenvalue weighted by Gasteiger charge is 2.20. The summed E-state index contributed by atoms with van der Waals surface area (Å²) < 4.78 is 15.9. The fourth-order valence-electron chi connectivity index (χ4n) is 2.03. The molecule has 0 heterocycles. The van der Waals surface area contributed by atoms with E-state index in [-0.39, 0.29) is 11.1 Å². The lowest BCUT2D eigenvalue weighted by Crippen LogP contribution is -2.23. The summed E-state index contributed by atoms with van der Waals surface area (Å²) in [6, 6.07) is 11.1. The highest BCUT2D eigenvalue weighted by molar-refractivity contribution is 9.10. The van der Waals surface area contributed by atoms with E-state index in [1.807, 2.05) is 31.2 Å². The largest absolute Gasteiger partial charge is 0.306 e. The zero-order valence-electron chi connectivity index (χ0n) is 10.8. The molecule has 5 heteroatoms. The summed E-state index contributed by atoms with van der Waals surface area (Å²) in [6.07, 6.45) is 0. The second kappa shape index (κ2) is 7.03. The highest BCUT2D eigenvalue weighted by Crippen LogP contribution is 2.33. The van der Waals surface area contributed by atoms with Crippen molar-refractivity contribution in [2.24, 2.45) is 0 Å². The van der Waals surface area contributed by atoms with Gasteiger partial charge in [0.1, 0.15) is 5.82 Å². The first kappa shape index (κ1) is 16.0.